The van der Waals surface area contributed by atoms with Crippen LogP contribution >= 0.6 is 23.1 Å². The minimum absolute atomic E-state index is 0.591. The summed E-state index contributed by atoms with van der Waals surface area (Å²) in [5.41, 5.74) is 1.96. The van der Waals surface area contributed by atoms with Crippen LogP contribution in [0.4, 0.5) is 0 Å². The maximum absolute atomic E-state index is 5.69. The zero-order valence-electron chi connectivity index (χ0n) is 16.1. The number of thiazole rings is 1. The molecule has 0 fully saturated rings. The van der Waals surface area contributed by atoms with E-state index in [0.29, 0.717) is 23.4 Å². The Bertz CT molecular complexity index is 1030. The van der Waals surface area contributed by atoms with Crippen molar-refractivity contribution in [2.24, 2.45) is 0 Å². The van der Waals surface area contributed by atoms with Gasteiger partial charge in [-0.1, -0.05) is 48.5 Å². The first-order chi connectivity index (χ1) is 14.3. The molecule has 8 nitrogen and oxygen atoms in total. The molecule has 0 saturated heterocycles. The van der Waals surface area contributed by atoms with Crippen molar-refractivity contribution in [3.8, 4) is 11.4 Å². The van der Waals surface area contributed by atoms with Crippen LogP contribution in [0.1, 0.15) is 35.9 Å². The number of unbranched alkanes of at least 4 members (excludes halogenated alkanes) is 2. The second-order valence-electron chi connectivity index (χ2n) is 6.48. The smallest absolute Gasteiger partial charge is 0.276 e. The van der Waals surface area contributed by atoms with Crippen LogP contribution in [-0.2, 0) is 13.0 Å². The number of nitrogens with zero attached hydrogens (tertiary/aromatic N) is 7. The van der Waals surface area contributed by atoms with Crippen molar-refractivity contribution < 1.29 is 4.42 Å². The minimum atomic E-state index is 0.591. The topological polar surface area (TPSA) is 95.4 Å². The fourth-order valence-corrected chi connectivity index (χ4v) is 4.13. The summed E-state index contributed by atoms with van der Waals surface area (Å²) in [5, 5.41) is 24.6. The van der Waals surface area contributed by atoms with Crippen LogP contribution in [0.2, 0.25) is 0 Å². The summed E-state index contributed by atoms with van der Waals surface area (Å²) in [6.07, 6.45) is 3.74. The van der Waals surface area contributed by atoms with Gasteiger partial charge in [-0.25, -0.2) is 4.98 Å². The van der Waals surface area contributed by atoms with Crippen molar-refractivity contribution in [2.45, 2.75) is 44.4 Å². The van der Waals surface area contributed by atoms with E-state index < -0.39 is 0 Å². The monoisotopic (exact) mass is 427 g/mol. The molecule has 0 radical (unpaired) electrons. The summed E-state index contributed by atoms with van der Waals surface area (Å²) in [4.78, 5) is 6.09. The van der Waals surface area contributed by atoms with Gasteiger partial charge in [0.15, 0.2) is 0 Å². The molecule has 0 atom stereocenters. The van der Waals surface area contributed by atoms with Crippen LogP contribution in [-0.4, -0.2) is 41.1 Å². The van der Waals surface area contributed by atoms with E-state index in [1.165, 1.54) is 0 Å². The summed E-state index contributed by atoms with van der Waals surface area (Å²) in [6.45, 7) is 2.76. The van der Waals surface area contributed by atoms with E-state index in [1.54, 1.807) is 27.9 Å². The summed E-state index contributed by atoms with van der Waals surface area (Å²) in [6, 6.07) is 9.89. The Morgan fingerprint density at radius 2 is 1.97 bits per heavy atom. The molecule has 3 aromatic heterocycles. The molecular weight excluding hydrogens is 406 g/mol. The van der Waals surface area contributed by atoms with Gasteiger partial charge in [0.25, 0.3) is 5.22 Å². The number of tetrazole rings is 1. The quantitative estimate of drug-likeness (QED) is 0.276. The van der Waals surface area contributed by atoms with Gasteiger partial charge in [0, 0.05) is 16.7 Å². The Kier molecular flexibility index (Phi) is 6.63. The third kappa shape index (κ3) is 5.70. The maximum atomic E-state index is 5.69. The number of hydrogen-bond acceptors (Lipinski definition) is 9. The second kappa shape index (κ2) is 9.75. The Morgan fingerprint density at radius 3 is 2.79 bits per heavy atom. The highest BCUT2D eigenvalue weighted by atomic mass is 32.2. The highest BCUT2D eigenvalue weighted by molar-refractivity contribution is 7.99. The largest absolute Gasteiger partial charge is 0.416 e. The molecule has 0 saturated carbocycles. The lowest BCUT2D eigenvalue weighted by Gasteiger charge is -1.99. The Balaban J connectivity index is 1.13. The van der Waals surface area contributed by atoms with Crippen LogP contribution in [0.25, 0.3) is 11.4 Å². The molecule has 3 heterocycles. The van der Waals surface area contributed by atoms with Crippen LogP contribution in [0.3, 0.4) is 0 Å². The average molecular weight is 428 g/mol. The summed E-state index contributed by atoms with van der Waals surface area (Å²) >= 11 is 3.23. The Hall–Kier alpha value is -2.59. The fraction of sp³-hybridized carbons (Fsp3) is 0.368. The number of aromatic nitrogens is 7. The zero-order chi connectivity index (χ0) is 19.9. The molecule has 4 aromatic rings. The molecule has 1 aromatic carbocycles. The lowest BCUT2D eigenvalue weighted by atomic mass is 10.2. The van der Waals surface area contributed by atoms with E-state index in [2.05, 4.69) is 30.6 Å². The highest BCUT2D eigenvalue weighted by Gasteiger charge is 2.09. The predicted octanol–water partition coefficient (Wildman–Crippen LogP) is 4.04. The van der Waals surface area contributed by atoms with Gasteiger partial charge in [0.2, 0.25) is 11.7 Å². The van der Waals surface area contributed by atoms with Gasteiger partial charge in [0.05, 0.1) is 23.7 Å². The first-order valence-corrected chi connectivity index (χ1v) is 11.3. The molecule has 4 rings (SSSR count). The van der Waals surface area contributed by atoms with Crippen molar-refractivity contribution in [3.05, 3.63) is 52.3 Å². The summed E-state index contributed by atoms with van der Waals surface area (Å²) in [5.74, 6) is 2.22. The molecule has 0 aliphatic heterocycles. The third-order valence-corrected chi connectivity index (χ3v) is 5.89. The van der Waals surface area contributed by atoms with Crippen molar-refractivity contribution in [2.75, 3.05) is 5.75 Å². The summed E-state index contributed by atoms with van der Waals surface area (Å²) < 4.78 is 5.69. The average Bonchev–Trinajstić information content (AvgIpc) is 3.48. The van der Waals surface area contributed by atoms with E-state index in [1.807, 2.05) is 42.6 Å². The van der Waals surface area contributed by atoms with Crippen LogP contribution in [0, 0.1) is 6.92 Å². The van der Waals surface area contributed by atoms with Gasteiger partial charge in [-0.3, -0.25) is 0 Å². The molecule has 29 heavy (non-hydrogen) atoms. The molecule has 0 unspecified atom stereocenters. The standard InChI is InChI=1S/C19H21N7OS2/c1-14-20-16(13-29-14)12-17-21-23-19(27-17)28-11-7-3-6-10-26-24-18(22-25-26)15-8-4-2-5-9-15/h2,4-5,8-9,13H,3,6-7,10-12H2,1H3. The molecule has 0 N–H and O–H groups in total. The van der Waals surface area contributed by atoms with Crippen molar-refractivity contribution in [1.29, 1.82) is 0 Å². The van der Waals surface area contributed by atoms with Gasteiger partial charge in [-0.05, 0) is 25.0 Å². The van der Waals surface area contributed by atoms with Crippen LogP contribution < -0.4 is 0 Å². The molecule has 10 heteroatoms. The minimum Gasteiger partial charge on any atom is -0.416 e. The molecule has 0 amide bonds. The first kappa shape index (κ1) is 19.7. The molecule has 0 spiro atoms. The van der Waals surface area contributed by atoms with E-state index in [-0.39, 0.29) is 0 Å². The Labute approximate surface area is 176 Å². The normalized spacial score (nSPS) is 11.2. The van der Waals surface area contributed by atoms with Crippen molar-refractivity contribution in [1.82, 2.24) is 35.4 Å². The van der Waals surface area contributed by atoms with Gasteiger partial charge in [-0.15, -0.1) is 31.7 Å². The third-order valence-electron chi connectivity index (χ3n) is 4.16. The van der Waals surface area contributed by atoms with E-state index >= 15 is 0 Å². The second-order valence-corrected chi connectivity index (χ2v) is 8.59. The van der Waals surface area contributed by atoms with Crippen molar-refractivity contribution >= 4 is 23.1 Å². The summed E-state index contributed by atoms with van der Waals surface area (Å²) in [7, 11) is 0. The SMILES string of the molecule is Cc1nc(Cc2nnc(SCCCCCn3nnc(-c4ccccc4)n3)o2)cs1. The predicted molar refractivity (Wildman–Crippen MR) is 112 cm³/mol. The molecule has 0 bridgehead atoms. The molecule has 0 aliphatic carbocycles. The van der Waals surface area contributed by atoms with E-state index in [9.17, 15) is 0 Å². The van der Waals surface area contributed by atoms with Gasteiger partial charge in [0.1, 0.15) is 0 Å². The van der Waals surface area contributed by atoms with Crippen LogP contribution in [0.15, 0.2) is 45.4 Å². The Morgan fingerprint density at radius 1 is 1.07 bits per heavy atom. The van der Waals surface area contributed by atoms with E-state index in [4.69, 9.17) is 4.42 Å². The first-order valence-electron chi connectivity index (χ1n) is 9.46. The van der Waals surface area contributed by atoms with Gasteiger partial charge < -0.3 is 4.42 Å². The molecular formula is C19H21N7OS2. The number of rotatable bonds is 10. The fourth-order valence-electron chi connectivity index (χ4n) is 2.74. The lowest BCUT2D eigenvalue weighted by molar-refractivity contribution is 0.419. The van der Waals surface area contributed by atoms with Crippen LogP contribution in [0.5, 0.6) is 0 Å². The van der Waals surface area contributed by atoms with Gasteiger partial charge >= 0.3 is 0 Å². The highest BCUT2D eigenvalue weighted by Crippen LogP contribution is 2.20. The van der Waals surface area contributed by atoms with E-state index in [0.717, 1.165) is 47.8 Å². The maximum Gasteiger partial charge on any atom is 0.276 e. The lowest BCUT2D eigenvalue weighted by Crippen LogP contribution is -2.02. The molecule has 150 valence electrons. The van der Waals surface area contributed by atoms with Crippen molar-refractivity contribution in [3.63, 3.8) is 0 Å². The number of hydrogen-bond donors (Lipinski definition) is 0. The number of aryl methyl sites for hydroxylation is 2. The zero-order valence-corrected chi connectivity index (χ0v) is 17.7. The number of benzene rings is 1. The number of thioether (sulfide) groups is 1. The van der Waals surface area contributed by atoms with Gasteiger partial charge in [-0.2, -0.15) is 4.80 Å². The molecule has 0 aliphatic rings.